The van der Waals surface area contributed by atoms with E-state index in [1.807, 2.05) is 24.3 Å². The summed E-state index contributed by atoms with van der Waals surface area (Å²) in [5.41, 5.74) is 2.32. The molecule has 1 amide bonds. The van der Waals surface area contributed by atoms with Gasteiger partial charge in [-0.25, -0.2) is 4.98 Å². The van der Waals surface area contributed by atoms with Crippen LogP contribution in [0.4, 0.5) is 5.82 Å². The van der Waals surface area contributed by atoms with Gasteiger partial charge >= 0.3 is 0 Å². The first kappa shape index (κ1) is 17.8. The number of aliphatic hydroxyl groups is 2. The maximum Gasteiger partial charge on any atom is 0.255 e. The summed E-state index contributed by atoms with van der Waals surface area (Å²) in [6, 6.07) is 7.78. The zero-order valence-electron chi connectivity index (χ0n) is 15.0. The molecule has 27 heavy (non-hydrogen) atoms. The number of nitrogens with zero attached hydrogens (tertiary/aromatic N) is 4. The minimum Gasteiger partial charge on any atom is -0.383 e. The third kappa shape index (κ3) is 3.64. The summed E-state index contributed by atoms with van der Waals surface area (Å²) in [6.07, 6.45) is 0.0294. The van der Waals surface area contributed by atoms with E-state index >= 15 is 0 Å². The van der Waals surface area contributed by atoms with Crippen molar-refractivity contribution in [1.82, 2.24) is 20.2 Å². The molecule has 142 valence electrons. The van der Waals surface area contributed by atoms with Gasteiger partial charge < -0.3 is 25.3 Å². The van der Waals surface area contributed by atoms with Crippen LogP contribution >= 0.6 is 0 Å². The maximum atomic E-state index is 12.7. The highest BCUT2D eigenvalue weighted by Gasteiger charge is 2.33. The Morgan fingerprint density at radius 2 is 1.74 bits per heavy atom. The van der Waals surface area contributed by atoms with Crippen LogP contribution < -0.4 is 10.2 Å². The highest BCUT2D eigenvalue weighted by Crippen LogP contribution is 2.25. The van der Waals surface area contributed by atoms with E-state index in [-0.39, 0.29) is 5.69 Å². The van der Waals surface area contributed by atoms with Crippen LogP contribution in [0, 0.1) is 0 Å². The number of aromatic nitrogens is 2. The van der Waals surface area contributed by atoms with Gasteiger partial charge in [-0.3, -0.25) is 9.78 Å². The number of anilines is 1. The zero-order valence-corrected chi connectivity index (χ0v) is 15.0. The Morgan fingerprint density at radius 3 is 2.41 bits per heavy atom. The molecule has 2 atom stereocenters. The number of fused-ring (bicyclic) bond motifs is 1. The Hall–Kier alpha value is -2.55. The minimum absolute atomic E-state index is 0.198. The molecular weight excluding hydrogens is 346 g/mol. The van der Waals surface area contributed by atoms with Crippen molar-refractivity contribution in [3.63, 3.8) is 0 Å². The Kier molecular flexibility index (Phi) is 5.02. The smallest absolute Gasteiger partial charge is 0.255 e. The van der Waals surface area contributed by atoms with Gasteiger partial charge in [0.15, 0.2) is 6.10 Å². The first-order valence-corrected chi connectivity index (χ1v) is 9.13. The molecule has 8 nitrogen and oxygen atoms in total. The SMILES string of the molecule is O=C([C@H](O)[C@@H](O)c1cncc(N2CCNCC2)n1)N1Cc2ccccc2C1. The standard InChI is InChI=1S/C19H23N5O3/c25-17(15-9-21-10-16(22-15)23-7-5-20-6-8-23)18(26)19(27)24-11-13-3-1-2-4-14(13)12-24/h1-4,9-10,17-18,20,25-26H,5-8,11-12H2/t17-,18+/m0/s1. The third-order valence-corrected chi connectivity index (χ3v) is 5.09. The molecule has 0 spiro atoms. The molecular formula is C19H23N5O3. The van der Waals surface area contributed by atoms with Gasteiger partial charge in [0.25, 0.3) is 5.91 Å². The van der Waals surface area contributed by atoms with Crippen molar-refractivity contribution in [2.45, 2.75) is 25.3 Å². The van der Waals surface area contributed by atoms with E-state index in [1.165, 1.54) is 6.20 Å². The van der Waals surface area contributed by atoms with Gasteiger partial charge in [0.1, 0.15) is 11.9 Å². The second-order valence-electron chi connectivity index (χ2n) is 6.89. The van der Waals surface area contributed by atoms with Gasteiger partial charge in [-0.15, -0.1) is 0 Å². The van der Waals surface area contributed by atoms with Gasteiger partial charge in [-0.1, -0.05) is 24.3 Å². The molecule has 3 N–H and O–H groups in total. The van der Waals surface area contributed by atoms with Crippen molar-refractivity contribution in [3.8, 4) is 0 Å². The van der Waals surface area contributed by atoms with Gasteiger partial charge in [-0.2, -0.15) is 0 Å². The van der Waals surface area contributed by atoms with E-state index in [9.17, 15) is 15.0 Å². The van der Waals surface area contributed by atoms with Crippen LogP contribution in [0.3, 0.4) is 0 Å². The number of rotatable bonds is 4. The topological polar surface area (TPSA) is 102 Å². The summed E-state index contributed by atoms with van der Waals surface area (Å²) in [5, 5.41) is 24.2. The molecule has 4 rings (SSSR count). The molecule has 2 aliphatic rings. The molecule has 1 saturated heterocycles. The van der Waals surface area contributed by atoms with Crippen molar-refractivity contribution >= 4 is 11.7 Å². The minimum atomic E-state index is -1.58. The first-order valence-electron chi connectivity index (χ1n) is 9.13. The van der Waals surface area contributed by atoms with E-state index < -0.39 is 18.1 Å². The fourth-order valence-corrected chi connectivity index (χ4v) is 3.53. The van der Waals surface area contributed by atoms with Crippen LogP contribution in [-0.4, -0.2) is 63.3 Å². The Morgan fingerprint density at radius 1 is 1.07 bits per heavy atom. The van der Waals surface area contributed by atoms with Gasteiger partial charge in [0.05, 0.1) is 18.1 Å². The number of carbonyl (C=O) groups excluding carboxylic acids is 1. The lowest BCUT2D eigenvalue weighted by Gasteiger charge is -2.29. The van der Waals surface area contributed by atoms with E-state index in [1.54, 1.807) is 11.1 Å². The van der Waals surface area contributed by atoms with Crippen molar-refractivity contribution in [1.29, 1.82) is 0 Å². The number of carbonyl (C=O) groups is 1. The molecule has 3 heterocycles. The lowest BCUT2D eigenvalue weighted by molar-refractivity contribution is -0.147. The normalized spacial score (nSPS) is 18.9. The van der Waals surface area contributed by atoms with Gasteiger partial charge in [0.2, 0.25) is 0 Å². The Labute approximate surface area is 157 Å². The second-order valence-corrected chi connectivity index (χ2v) is 6.89. The molecule has 2 aliphatic heterocycles. The maximum absolute atomic E-state index is 12.7. The van der Waals surface area contributed by atoms with E-state index in [0.29, 0.717) is 18.9 Å². The molecule has 0 bridgehead atoms. The number of hydrogen-bond acceptors (Lipinski definition) is 7. The quantitative estimate of drug-likeness (QED) is 0.687. The molecule has 1 aromatic carbocycles. The van der Waals surface area contributed by atoms with Crippen LogP contribution in [-0.2, 0) is 17.9 Å². The predicted molar refractivity (Wildman–Crippen MR) is 98.8 cm³/mol. The largest absolute Gasteiger partial charge is 0.383 e. The van der Waals surface area contributed by atoms with Crippen LogP contribution in [0.25, 0.3) is 0 Å². The average Bonchev–Trinajstić information content (AvgIpc) is 3.17. The molecule has 0 unspecified atom stereocenters. The van der Waals surface area contributed by atoms with E-state index in [0.717, 1.165) is 37.3 Å². The summed E-state index contributed by atoms with van der Waals surface area (Å²) in [6.45, 7) is 4.16. The molecule has 8 heteroatoms. The highest BCUT2D eigenvalue weighted by atomic mass is 16.3. The Balaban J connectivity index is 1.46. The Bertz CT molecular complexity index is 799. The number of piperazine rings is 1. The number of nitrogens with one attached hydrogen (secondary N) is 1. The van der Waals surface area contributed by atoms with Crippen molar-refractivity contribution in [3.05, 3.63) is 53.5 Å². The fourth-order valence-electron chi connectivity index (χ4n) is 3.53. The molecule has 0 aliphatic carbocycles. The lowest BCUT2D eigenvalue weighted by atomic mass is 10.1. The number of amides is 1. The van der Waals surface area contributed by atoms with Crippen molar-refractivity contribution in [2.75, 3.05) is 31.1 Å². The van der Waals surface area contributed by atoms with Crippen LogP contribution in [0.1, 0.15) is 22.9 Å². The van der Waals surface area contributed by atoms with E-state index in [2.05, 4.69) is 20.2 Å². The number of benzene rings is 1. The highest BCUT2D eigenvalue weighted by molar-refractivity contribution is 5.82. The monoisotopic (exact) mass is 369 g/mol. The molecule has 2 aromatic rings. The van der Waals surface area contributed by atoms with E-state index in [4.69, 9.17) is 0 Å². The number of hydrogen-bond donors (Lipinski definition) is 3. The van der Waals surface area contributed by atoms with Crippen molar-refractivity contribution < 1.29 is 15.0 Å². The fraction of sp³-hybridized carbons (Fsp3) is 0.421. The van der Waals surface area contributed by atoms with Crippen LogP contribution in [0.2, 0.25) is 0 Å². The summed E-state index contributed by atoms with van der Waals surface area (Å²) in [4.78, 5) is 24.8. The van der Waals surface area contributed by atoms with Crippen LogP contribution in [0.15, 0.2) is 36.7 Å². The number of aliphatic hydroxyl groups excluding tert-OH is 2. The lowest BCUT2D eigenvalue weighted by Crippen LogP contribution is -2.44. The predicted octanol–water partition coefficient (Wildman–Crippen LogP) is -0.177. The molecule has 1 fully saturated rings. The first-order chi connectivity index (χ1) is 13.1. The van der Waals surface area contributed by atoms with Crippen molar-refractivity contribution in [2.24, 2.45) is 0 Å². The van der Waals surface area contributed by atoms with Gasteiger partial charge in [-0.05, 0) is 11.1 Å². The van der Waals surface area contributed by atoms with Gasteiger partial charge in [0, 0.05) is 39.3 Å². The summed E-state index contributed by atoms with van der Waals surface area (Å²) in [7, 11) is 0. The molecule has 0 saturated carbocycles. The average molecular weight is 369 g/mol. The van der Waals surface area contributed by atoms with Crippen LogP contribution in [0.5, 0.6) is 0 Å². The summed E-state index contributed by atoms with van der Waals surface area (Å²) >= 11 is 0. The molecule has 0 radical (unpaired) electrons. The summed E-state index contributed by atoms with van der Waals surface area (Å²) < 4.78 is 0. The summed E-state index contributed by atoms with van der Waals surface area (Å²) in [5.74, 6) is 0.134. The second kappa shape index (κ2) is 7.59. The third-order valence-electron chi connectivity index (χ3n) is 5.09. The zero-order chi connectivity index (χ0) is 18.8. The molecule has 1 aromatic heterocycles.